The average molecular weight is 286 g/mol. The monoisotopic (exact) mass is 286 g/mol. The van der Waals surface area contributed by atoms with Gasteiger partial charge in [-0.05, 0) is 24.3 Å². The Bertz CT molecular complexity index is 731. The molecule has 0 fully saturated rings. The molecule has 0 bridgehead atoms. The molecule has 5 nitrogen and oxygen atoms in total. The van der Waals surface area contributed by atoms with E-state index >= 15 is 0 Å². The van der Waals surface area contributed by atoms with Gasteiger partial charge in [-0.1, -0.05) is 18.2 Å². The van der Waals surface area contributed by atoms with Crippen LogP contribution in [0.2, 0.25) is 0 Å². The summed E-state index contributed by atoms with van der Waals surface area (Å²) in [6, 6.07) is 10.7. The Kier molecular flexibility index (Phi) is 3.27. The lowest BCUT2D eigenvalue weighted by Crippen LogP contribution is -2.27. The molecule has 0 saturated heterocycles. The molecule has 2 amide bonds. The van der Waals surface area contributed by atoms with E-state index in [0.717, 1.165) is 0 Å². The first-order valence-corrected chi connectivity index (χ1v) is 6.26. The molecule has 6 heteroatoms. The third kappa shape index (κ3) is 2.55. The number of carbonyl (C=O) groups excluding carboxylic acids is 2. The highest BCUT2D eigenvalue weighted by molar-refractivity contribution is 6.09. The molecule has 2 N–H and O–H groups in total. The molecule has 0 unspecified atom stereocenters. The van der Waals surface area contributed by atoms with Crippen molar-refractivity contribution in [3.63, 3.8) is 0 Å². The van der Waals surface area contributed by atoms with Crippen LogP contribution in [0.3, 0.4) is 0 Å². The predicted molar refractivity (Wildman–Crippen MR) is 74.9 cm³/mol. The van der Waals surface area contributed by atoms with Gasteiger partial charge in [0, 0.05) is 0 Å². The van der Waals surface area contributed by atoms with Crippen LogP contribution in [0.5, 0.6) is 5.75 Å². The van der Waals surface area contributed by atoms with Crippen molar-refractivity contribution >= 4 is 23.2 Å². The minimum Gasteiger partial charge on any atom is -0.481 e. The number of amides is 2. The minimum absolute atomic E-state index is 0.0833. The van der Waals surface area contributed by atoms with Crippen molar-refractivity contribution in [2.75, 3.05) is 17.2 Å². The lowest BCUT2D eigenvalue weighted by Gasteiger charge is -2.20. The lowest BCUT2D eigenvalue weighted by molar-refractivity contribution is -0.118. The molecule has 2 aromatic rings. The largest absolute Gasteiger partial charge is 0.481 e. The lowest BCUT2D eigenvalue weighted by atomic mass is 10.1. The van der Waals surface area contributed by atoms with Crippen molar-refractivity contribution < 1.29 is 18.7 Å². The van der Waals surface area contributed by atoms with Gasteiger partial charge in [-0.25, -0.2) is 4.39 Å². The van der Waals surface area contributed by atoms with E-state index in [9.17, 15) is 14.0 Å². The van der Waals surface area contributed by atoms with Crippen LogP contribution in [-0.2, 0) is 4.79 Å². The van der Waals surface area contributed by atoms with Gasteiger partial charge in [0.25, 0.3) is 11.8 Å². The van der Waals surface area contributed by atoms with Gasteiger partial charge in [-0.3, -0.25) is 9.59 Å². The van der Waals surface area contributed by atoms with Crippen molar-refractivity contribution in [1.82, 2.24) is 0 Å². The Morgan fingerprint density at radius 2 is 2.00 bits per heavy atom. The molecule has 1 aliphatic heterocycles. The Morgan fingerprint density at radius 1 is 1.19 bits per heavy atom. The van der Waals surface area contributed by atoms with Gasteiger partial charge in [0.2, 0.25) is 0 Å². The van der Waals surface area contributed by atoms with Crippen molar-refractivity contribution in [3.05, 3.63) is 53.8 Å². The minimum atomic E-state index is -0.523. The van der Waals surface area contributed by atoms with Crippen LogP contribution in [0.15, 0.2) is 42.5 Å². The van der Waals surface area contributed by atoms with Crippen molar-refractivity contribution in [2.45, 2.75) is 0 Å². The molecule has 1 aliphatic rings. The SMILES string of the molecule is O=C1COc2c(cccc2C(=O)Nc2ccccc2F)N1. The Morgan fingerprint density at radius 3 is 2.81 bits per heavy atom. The summed E-state index contributed by atoms with van der Waals surface area (Å²) in [7, 11) is 0. The van der Waals surface area contributed by atoms with Crippen LogP contribution in [0.1, 0.15) is 10.4 Å². The fourth-order valence-corrected chi connectivity index (χ4v) is 2.05. The fraction of sp³-hybridized carbons (Fsp3) is 0.0667. The second kappa shape index (κ2) is 5.24. The Balaban J connectivity index is 1.91. The van der Waals surface area contributed by atoms with Crippen LogP contribution < -0.4 is 15.4 Å². The zero-order valence-electron chi connectivity index (χ0n) is 10.9. The van der Waals surface area contributed by atoms with Crippen LogP contribution in [0, 0.1) is 5.82 Å². The topological polar surface area (TPSA) is 67.4 Å². The van der Waals surface area contributed by atoms with Crippen LogP contribution in [0.25, 0.3) is 0 Å². The van der Waals surface area contributed by atoms with Crippen molar-refractivity contribution in [1.29, 1.82) is 0 Å². The maximum Gasteiger partial charge on any atom is 0.262 e. The van der Waals surface area contributed by atoms with Gasteiger partial charge in [0.05, 0.1) is 16.9 Å². The zero-order chi connectivity index (χ0) is 14.8. The molecule has 1 heterocycles. The first kappa shape index (κ1) is 13.1. The number of rotatable bonds is 2. The molecule has 2 aromatic carbocycles. The maximum absolute atomic E-state index is 13.6. The molecule has 3 rings (SSSR count). The number of hydrogen-bond acceptors (Lipinski definition) is 3. The van der Waals surface area contributed by atoms with E-state index in [-0.39, 0.29) is 29.5 Å². The van der Waals surface area contributed by atoms with Gasteiger partial charge in [-0.15, -0.1) is 0 Å². The van der Waals surface area contributed by atoms with Gasteiger partial charge in [0.15, 0.2) is 12.4 Å². The van der Waals surface area contributed by atoms with E-state index in [2.05, 4.69) is 10.6 Å². The Labute approximate surface area is 119 Å². The number of anilines is 2. The predicted octanol–water partition coefficient (Wildman–Crippen LogP) is 2.41. The van der Waals surface area contributed by atoms with Gasteiger partial charge in [-0.2, -0.15) is 0 Å². The smallest absolute Gasteiger partial charge is 0.262 e. The normalized spacial score (nSPS) is 12.9. The second-order valence-corrected chi connectivity index (χ2v) is 4.45. The molecule has 0 saturated carbocycles. The average Bonchev–Trinajstić information content (AvgIpc) is 2.48. The standard InChI is InChI=1S/C15H11FN2O3/c16-10-5-1-2-6-11(10)18-15(20)9-4-3-7-12-14(9)21-8-13(19)17-12/h1-7H,8H2,(H,17,19)(H,18,20). The third-order valence-electron chi connectivity index (χ3n) is 3.00. The molecular weight excluding hydrogens is 275 g/mol. The summed E-state index contributed by atoms with van der Waals surface area (Å²) < 4.78 is 18.8. The number of fused-ring (bicyclic) bond motifs is 1. The number of para-hydroxylation sites is 2. The number of nitrogens with one attached hydrogen (secondary N) is 2. The number of hydrogen-bond donors (Lipinski definition) is 2. The Hall–Kier alpha value is -2.89. The fourth-order valence-electron chi connectivity index (χ4n) is 2.05. The quantitative estimate of drug-likeness (QED) is 0.891. The third-order valence-corrected chi connectivity index (χ3v) is 3.00. The van der Waals surface area contributed by atoms with E-state index < -0.39 is 11.7 Å². The molecule has 0 radical (unpaired) electrons. The second-order valence-electron chi connectivity index (χ2n) is 4.45. The number of carbonyl (C=O) groups is 2. The summed E-state index contributed by atoms with van der Waals surface area (Å²) >= 11 is 0. The van der Waals surface area contributed by atoms with Crippen molar-refractivity contribution in [3.8, 4) is 5.75 Å². The molecular formula is C15H11FN2O3. The molecule has 0 spiro atoms. The van der Waals surface area contributed by atoms with Crippen LogP contribution in [-0.4, -0.2) is 18.4 Å². The van der Waals surface area contributed by atoms with E-state index in [1.165, 1.54) is 18.2 Å². The van der Waals surface area contributed by atoms with E-state index in [1.807, 2.05) is 0 Å². The van der Waals surface area contributed by atoms with Gasteiger partial charge < -0.3 is 15.4 Å². The molecule has 0 atom stereocenters. The summed E-state index contributed by atoms with van der Waals surface area (Å²) in [6.07, 6.45) is 0. The first-order chi connectivity index (χ1) is 10.1. The van der Waals surface area contributed by atoms with E-state index in [4.69, 9.17) is 4.74 Å². The van der Waals surface area contributed by atoms with E-state index in [1.54, 1.807) is 24.3 Å². The molecule has 21 heavy (non-hydrogen) atoms. The summed E-state index contributed by atoms with van der Waals surface area (Å²) in [5.41, 5.74) is 0.739. The molecule has 106 valence electrons. The summed E-state index contributed by atoms with van der Waals surface area (Å²) in [4.78, 5) is 23.5. The number of halogens is 1. The number of benzene rings is 2. The highest BCUT2D eigenvalue weighted by atomic mass is 19.1. The first-order valence-electron chi connectivity index (χ1n) is 6.26. The summed E-state index contributed by atoms with van der Waals surface area (Å²) in [5.74, 6) is -1.03. The highest BCUT2D eigenvalue weighted by Gasteiger charge is 2.22. The zero-order valence-corrected chi connectivity index (χ0v) is 10.9. The number of ether oxygens (including phenoxy) is 1. The van der Waals surface area contributed by atoms with Gasteiger partial charge >= 0.3 is 0 Å². The van der Waals surface area contributed by atoms with Crippen molar-refractivity contribution in [2.24, 2.45) is 0 Å². The van der Waals surface area contributed by atoms with Crippen LogP contribution >= 0.6 is 0 Å². The molecule has 0 aliphatic carbocycles. The highest BCUT2D eigenvalue weighted by Crippen LogP contribution is 2.32. The summed E-state index contributed by atoms with van der Waals surface area (Å²) in [6.45, 7) is -0.156. The van der Waals surface area contributed by atoms with E-state index in [0.29, 0.717) is 5.69 Å². The molecule has 0 aromatic heterocycles. The van der Waals surface area contributed by atoms with Crippen LogP contribution in [0.4, 0.5) is 15.8 Å². The summed E-state index contributed by atoms with van der Waals surface area (Å²) in [5, 5.41) is 5.09. The van der Waals surface area contributed by atoms with Gasteiger partial charge in [0.1, 0.15) is 5.82 Å². The maximum atomic E-state index is 13.6.